The van der Waals surface area contributed by atoms with Crippen molar-refractivity contribution < 1.29 is 17.9 Å². The molecule has 3 aromatic rings. The van der Waals surface area contributed by atoms with Gasteiger partial charge in [-0.15, -0.1) is 0 Å². The molecule has 1 N–H and O–H groups in total. The van der Waals surface area contributed by atoms with Gasteiger partial charge < -0.3 is 19.4 Å². The molecule has 0 bridgehead atoms. The first-order valence-corrected chi connectivity index (χ1v) is 12.8. The highest BCUT2D eigenvalue weighted by molar-refractivity contribution is 7.89. The second kappa shape index (κ2) is 11.2. The third-order valence-electron chi connectivity index (χ3n) is 5.11. The fourth-order valence-electron chi connectivity index (χ4n) is 3.45. The Balaban J connectivity index is 1.89. The average molecular weight is 495 g/mol. The lowest BCUT2D eigenvalue weighted by molar-refractivity contribution is 0.110. The van der Waals surface area contributed by atoms with Crippen LogP contribution in [0.5, 0.6) is 5.75 Å². The zero-order chi connectivity index (χ0) is 24.0. The van der Waals surface area contributed by atoms with Gasteiger partial charge in [0, 0.05) is 27.2 Å². The summed E-state index contributed by atoms with van der Waals surface area (Å²) in [6, 6.07) is 10.6. The van der Waals surface area contributed by atoms with Crippen molar-refractivity contribution in [2.45, 2.75) is 38.3 Å². The van der Waals surface area contributed by atoms with Crippen molar-refractivity contribution >= 4 is 38.3 Å². The smallest absolute Gasteiger partial charge is 0.242 e. The monoisotopic (exact) mass is 494 g/mol. The number of hydrogen-bond donors (Lipinski definition) is 1. The Labute approximate surface area is 200 Å². The Morgan fingerprint density at radius 2 is 1.94 bits per heavy atom. The number of aromatic nitrogens is 2. The van der Waals surface area contributed by atoms with Gasteiger partial charge in [-0.2, -0.15) is 0 Å². The molecule has 0 spiro atoms. The van der Waals surface area contributed by atoms with E-state index in [-0.39, 0.29) is 4.90 Å². The molecule has 8 nitrogen and oxygen atoms in total. The van der Waals surface area contributed by atoms with Crippen molar-refractivity contribution in [3.05, 3.63) is 47.2 Å². The summed E-state index contributed by atoms with van der Waals surface area (Å²) in [7, 11) is -0.501. The molecule has 0 saturated heterocycles. The van der Waals surface area contributed by atoms with Crippen LogP contribution >= 0.6 is 11.6 Å². The van der Waals surface area contributed by atoms with E-state index in [1.165, 1.54) is 18.4 Å². The highest BCUT2D eigenvalue weighted by Crippen LogP contribution is 2.33. The highest BCUT2D eigenvalue weighted by atomic mass is 35.5. The number of para-hydroxylation sites is 1. The van der Waals surface area contributed by atoms with E-state index in [0.29, 0.717) is 42.7 Å². The molecule has 1 aromatic heterocycles. The first kappa shape index (κ1) is 25.3. The first-order chi connectivity index (χ1) is 15.8. The topological polar surface area (TPSA) is 85.7 Å². The third-order valence-corrected chi connectivity index (χ3v) is 7.22. The fraction of sp³-hybridized carbons (Fsp3) is 0.435. The molecule has 0 amide bonds. The van der Waals surface area contributed by atoms with Crippen molar-refractivity contribution in [1.82, 2.24) is 13.9 Å². The SMILES string of the molecule is CCCn1c(CNc2cccc(Cl)c2OCCOCC)nc2cc(S(=O)(=O)N(C)C)ccc21. The molecule has 0 aliphatic carbocycles. The van der Waals surface area contributed by atoms with Crippen molar-refractivity contribution in [2.75, 3.05) is 39.2 Å². The van der Waals surface area contributed by atoms with Gasteiger partial charge >= 0.3 is 0 Å². The van der Waals surface area contributed by atoms with Crippen LogP contribution in [0.3, 0.4) is 0 Å². The molecule has 3 rings (SSSR count). The predicted octanol–water partition coefficient (Wildman–Crippen LogP) is 4.38. The molecule has 0 unspecified atom stereocenters. The molecule has 0 radical (unpaired) electrons. The average Bonchev–Trinajstić information content (AvgIpc) is 3.13. The van der Waals surface area contributed by atoms with Crippen molar-refractivity contribution in [2.24, 2.45) is 0 Å². The number of nitrogens with zero attached hydrogens (tertiary/aromatic N) is 3. The number of benzene rings is 2. The molecule has 1 heterocycles. The number of anilines is 1. The Hall–Kier alpha value is -2.33. The van der Waals surface area contributed by atoms with Gasteiger partial charge in [-0.1, -0.05) is 24.6 Å². The lowest BCUT2D eigenvalue weighted by Gasteiger charge is -2.15. The van der Waals surface area contributed by atoms with Crippen molar-refractivity contribution in [3.8, 4) is 5.75 Å². The standard InChI is InChI=1S/C23H31ClN4O4S/c1-5-12-28-21-11-10-17(33(29,30)27(3)4)15-20(21)26-22(28)16-25-19-9-7-8-18(24)23(19)32-14-13-31-6-2/h7-11,15,25H,5-6,12-14,16H2,1-4H3. The summed E-state index contributed by atoms with van der Waals surface area (Å²) in [5.74, 6) is 1.36. The maximum atomic E-state index is 12.5. The molecule has 33 heavy (non-hydrogen) atoms. The molecule has 180 valence electrons. The Kier molecular flexibility index (Phi) is 8.58. The van der Waals surface area contributed by atoms with Gasteiger partial charge in [-0.3, -0.25) is 0 Å². The van der Waals surface area contributed by atoms with Crippen LogP contribution in [0.15, 0.2) is 41.3 Å². The summed E-state index contributed by atoms with van der Waals surface area (Å²) in [6.07, 6.45) is 0.916. The molecule has 2 aromatic carbocycles. The van der Waals surface area contributed by atoms with E-state index in [1.807, 2.05) is 25.1 Å². The molecular formula is C23H31ClN4O4S. The molecule has 0 aliphatic rings. The van der Waals surface area contributed by atoms with Gasteiger partial charge in [0.15, 0.2) is 5.75 Å². The number of hydrogen-bond acceptors (Lipinski definition) is 6. The lowest BCUT2D eigenvalue weighted by atomic mass is 10.3. The number of ether oxygens (including phenoxy) is 2. The van der Waals surface area contributed by atoms with E-state index in [0.717, 1.165) is 30.0 Å². The lowest BCUT2D eigenvalue weighted by Crippen LogP contribution is -2.22. The summed E-state index contributed by atoms with van der Waals surface area (Å²) >= 11 is 6.37. The molecule has 0 atom stereocenters. The second-order valence-corrected chi connectivity index (χ2v) is 10.2. The van der Waals surface area contributed by atoms with Crippen LogP contribution in [0, 0.1) is 0 Å². The van der Waals surface area contributed by atoms with Crippen LogP contribution in [0.1, 0.15) is 26.1 Å². The van der Waals surface area contributed by atoms with Crippen molar-refractivity contribution in [1.29, 1.82) is 0 Å². The summed E-state index contributed by atoms with van der Waals surface area (Å²) in [5.41, 5.74) is 2.29. The Bertz CT molecular complexity index is 1190. The van der Waals surface area contributed by atoms with Gasteiger partial charge in [-0.25, -0.2) is 17.7 Å². The van der Waals surface area contributed by atoms with Crippen LogP contribution in [-0.4, -0.2) is 56.2 Å². The summed E-state index contributed by atoms with van der Waals surface area (Å²) < 4.78 is 39.6. The van der Waals surface area contributed by atoms with Gasteiger partial charge in [0.1, 0.15) is 12.4 Å². The van der Waals surface area contributed by atoms with Gasteiger partial charge in [0.25, 0.3) is 0 Å². The number of nitrogens with one attached hydrogen (secondary N) is 1. The van der Waals surface area contributed by atoms with Crippen molar-refractivity contribution in [3.63, 3.8) is 0 Å². The molecule has 0 saturated carbocycles. The first-order valence-electron chi connectivity index (χ1n) is 10.9. The van der Waals surface area contributed by atoms with Crippen LogP contribution < -0.4 is 10.1 Å². The minimum Gasteiger partial charge on any atom is -0.487 e. The van der Waals surface area contributed by atoms with Crippen LogP contribution in [0.2, 0.25) is 5.02 Å². The summed E-state index contributed by atoms with van der Waals surface area (Å²) in [6.45, 7) is 6.71. The zero-order valence-corrected chi connectivity index (χ0v) is 21.0. The second-order valence-electron chi connectivity index (χ2n) is 7.63. The number of halogens is 1. The number of fused-ring (bicyclic) bond motifs is 1. The van der Waals surface area contributed by atoms with Gasteiger partial charge in [0.2, 0.25) is 10.0 Å². The van der Waals surface area contributed by atoms with E-state index in [4.69, 9.17) is 26.1 Å². The van der Waals surface area contributed by atoms with E-state index in [9.17, 15) is 8.42 Å². The normalized spacial score (nSPS) is 11.9. The number of imidazole rings is 1. The van der Waals surface area contributed by atoms with Crippen LogP contribution in [0.4, 0.5) is 5.69 Å². The predicted molar refractivity (Wildman–Crippen MR) is 132 cm³/mol. The molecular weight excluding hydrogens is 464 g/mol. The molecule has 10 heteroatoms. The largest absolute Gasteiger partial charge is 0.487 e. The summed E-state index contributed by atoms with van der Waals surface area (Å²) in [4.78, 5) is 4.96. The number of rotatable bonds is 12. The van der Waals surface area contributed by atoms with Gasteiger partial charge in [0.05, 0.1) is 39.8 Å². The fourth-order valence-corrected chi connectivity index (χ4v) is 4.61. The van der Waals surface area contributed by atoms with Crippen LogP contribution in [-0.2, 0) is 27.8 Å². The maximum Gasteiger partial charge on any atom is 0.242 e. The van der Waals surface area contributed by atoms with E-state index < -0.39 is 10.0 Å². The van der Waals surface area contributed by atoms with Crippen LogP contribution in [0.25, 0.3) is 11.0 Å². The minimum atomic E-state index is -3.54. The van der Waals surface area contributed by atoms with E-state index >= 15 is 0 Å². The Morgan fingerprint density at radius 1 is 1.15 bits per heavy atom. The quantitative estimate of drug-likeness (QED) is 0.376. The van der Waals surface area contributed by atoms with Gasteiger partial charge in [-0.05, 0) is 43.7 Å². The molecule has 0 fully saturated rings. The Morgan fingerprint density at radius 3 is 2.64 bits per heavy atom. The highest BCUT2D eigenvalue weighted by Gasteiger charge is 2.20. The zero-order valence-electron chi connectivity index (χ0n) is 19.5. The maximum absolute atomic E-state index is 12.5. The minimum absolute atomic E-state index is 0.223. The summed E-state index contributed by atoms with van der Waals surface area (Å²) in [5, 5.41) is 3.89. The number of sulfonamides is 1. The number of aryl methyl sites for hydroxylation is 1. The van der Waals surface area contributed by atoms with E-state index in [2.05, 4.69) is 16.8 Å². The third kappa shape index (κ3) is 5.78. The molecule has 0 aliphatic heterocycles. The van der Waals surface area contributed by atoms with E-state index in [1.54, 1.807) is 18.2 Å².